The lowest BCUT2D eigenvalue weighted by Crippen LogP contribution is -2.32. The third kappa shape index (κ3) is 5.10. The van der Waals surface area contributed by atoms with E-state index < -0.39 is 11.4 Å². The molecule has 1 fully saturated rings. The highest BCUT2D eigenvalue weighted by Gasteiger charge is 2.61. The van der Waals surface area contributed by atoms with Crippen LogP contribution in [-0.4, -0.2) is 35.5 Å². The number of aliphatic carboxylic acids is 1. The second-order valence-corrected chi connectivity index (χ2v) is 9.42. The summed E-state index contributed by atoms with van der Waals surface area (Å²) in [4.78, 5) is 36.9. The summed E-state index contributed by atoms with van der Waals surface area (Å²) in [5, 5.41) is 24.1. The van der Waals surface area contributed by atoms with Gasteiger partial charge in [0.15, 0.2) is 0 Å². The number of allylic oxidation sites excluding steroid dienone is 1. The van der Waals surface area contributed by atoms with Gasteiger partial charge in [-0.15, -0.1) is 0 Å². The molecule has 8 nitrogen and oxygen atoms in total. The van der Waals surface area contributed by atoms with E-state index in [9.17, 15) is 19.6 Å². The first-order valence-corrected chi connectivity index (χ1v) is 12.1. The quantitative estimate of drug-likeness (QED) is 0.484. The molecule has 0 unspecified atom stereocenters. The molecule has 2 aliphatic rings. The van der Waals surface area contributed by atoms with E-state index in [0.717, 1.165) is 18.1 Å². The first-order chi connectivity index (χ1) is 17.3. The van der Waals surface area contributed by atoms with Gasteiger partial charge in [0.25, 0.3) is 5.91 Å². The van der Waals surface area contributed by atoms with Gasteiger partial charge in [0.1, 0.15) is 5.75 Å². The summed E-state index contributed by atoms with van der Waals surface area (Å²) in [6.45, 7) is 4.45. The van der Waals surface area contributed by atoms with Crippen LogP contribution in [0.3, 0.4) is 0 Å². The Morgan fingerprint density at radius 3 is 2.81 bits per heavy atom. The Labute approximate surface area is 210 Å². The summed E-state index contributed by atoms with van der Waals surface area (Å²) in [5.41, 5.74) is 2.62. The van der Waals surface area contributed by atoms with Crippen molar-refractivity contribution < 1.29 is 24.2 Å². The fourth-order valence-electron chi connectivity index (χ4n) is 4.74. The lowest BCUT2D eigenvalue weighted by molar-refractivity contribution is -0.131. The van der Waals surface area contributed by atoms with Gasteiger partial charge in [-0.25, -0.2) is 4.79 Å². The second-order valence-electron chi connectivity index (χ2n) is 9.42. The summed E-state index contributed by atoms with van der Waals surface area (Å²) in [5.74, 6) is -0.980. The number of anilines is 1. The minimum atomic E-state index is -1.05. The molecule has 0 aromatic heterocycles. The first-order valence-electron chi connectivity index (χ1n) is 12.1. The molecule has 0 bridgehead atoms. The molecule has 0 saturated heterocycles. The van der Waals surface area contributed by atoms with Crippen LogP contribution < -0.4 is 15.4 Å². The Bertz CT molecular complexity index is 1280. The molecule has 1 saturated carbocycles. The van der Waals surface area contributed by atoms with E-state index in [2.05, 4.69) is 16.7 Å². The molecule has 4 rings (SSSR count). The average molecular weight is 488 g/mol. The standard InChI is InChI=1S/C28H29N3O5/c1-3-17(2)30-26(34)20-9-10-24-21(14-20)28(11-12-36-24)15-22(28)27(35)31-23-13-18(16-29)7-8-19(23)5-4-6-25(32)33/h4,6-10,13-14,17,22H,3,5,11-12,15H2,1-2H3,(H,30,34)(H,31,35)(H,32,33)/t17-,22+,28+/m1/s1. The van der Waals surface area contributed by atoms with Crippen LogP contribution in [0.4, 0.5) is 5.69 Å². The summed E-state index contributed by atoms with van der Waals surface area (Å²) >= 11 is 0. The van der Waals surface area contributed by atoms with Crippen molar-refractivity contribution in [2.75, 3.05) is 11.9 Å². The van der Waals surface area contributed by atoms with E-state index in [-0.39, 0.29) is 23.8 Å². The summed E-state index contributed by atoms with van der Waals surface area (Å²) < 4.78 is 5.84. The lowest BCUT2D eigenvalue weighted by Gasteiger charge is -2.27. The highest BCUT2D eigenvalue weighted by Crippen LogP contribution is 2.61. The molecule has 36 heavy (non-hydrogen) atoms. The van der Waals surface area contributed by atoms with Gasteiger partial charge < -0.3 is 20.5 Å². The van der Waals surface area contributed by atoms with Gasteiger partial charge >= 0.3 is 5.97 Å². The topological polar surface area (TPSA) is 129 Å². The number of hydrogen-bond acceptors (Lipinski definition) is 5. The maximum atomic E-state index is 13.4. The number of carbonyl (C=O) groups excluding carboxylic acids is 2. The van der Waals surface area contributed by atoms with Crippen LogP contribution >= 0.6 is 0 Å². The predicted molar refractivity (Wildman–Crippen MR) is 134 cm³/mol. The molecule has 2 amide bonds. The van der Waals surface area contributed by atoms with Crippen molar-refractivity contribution in [3.8, 4) is 11.8 Å². The number of benzene rings is 2. The Morgan fingerprint density at radius 1 is 1.28 bits per heavy atom. The fourth-order valence-corrected chi connectivity index (χ4v) is 4.74. The van der Waals surface area contributed by atoms with E-state index in [1.807, 2.05) is 19.9 Å². The summed E-state index contributed by atoms with van der Waals surface area (Å²) in [6, 6.07) is 12.5. The van der Waals surface area contributed by atoms with Gasteiger partial charge in [-0.2, -0.15) is 5.26 Å². The van der Waals surface area contributed by atoms with Crippen LogP contribution in [0.25, 0.3) is 0 Å². The number of fused-ring (bicyclic) bond motifs is 2. The number of amides is 2. The van der Waals surface area contributed by atoms with E-state index in [4.69, 9.17) is 9.84 Å². The molecule has 1 spiro atoms. The average Bonchev–Trinajstić information content (AvgIpc) is 3.59. The predicted octanol–water partition coefficient (Wildman–Crippen LogP) is 3.95. The van der Waals surface area contributed by atoms with Crippen LogP contribution in [0.15, 0.2) is 48.6 Å². The maximum absolute atomic E-state index is 13.4. The third-order valence-corrected chi connectivity index (χ3v) is 7.06. The van der Waals surface area contributed by atoms with Crippen LogP contribution in [0.1, 0.15) is 60.2 Å². The minimum absolute atomic E-state index is 0.0573. The highest BCUT2D eigenvalue weighted by molar-refractivity contribution is 5.98. The monoisotopic (exact) mass is 487 g/mol. The zero-order chi connectivity index (χ0) is 25.9. The Balaban J connectivity index is 1.56. The van der Waals surface area contributed by atoms with Crippen LogP contribution in [0, 0.1) is 17.2 Å². The number of rotatable bonds is 8. The SMILES string of the molecule is CC[C@@H](C)NC(=O)c1ccc2c(c1)[C@]1(CCO2)C[C@H]1C(=O)Nc1cc(C#N)ccc1CC=CC(=O)O. The zero-order valence-electron chi connectivity index (χ0n) is 20.3. The molecule has 3 atom stereocenters. The Morgan fingerprint density at radius 2 is 2.08 bits per heavy atom. The molecule has 2 aromatic carbocycles. The van der Waals surface area contributed by atoms with E-state index in [1.165, 1.54) is 6.08 Å². The molecular formula is C28H29N3O5. The number of nitrogens with zero attached hydrogens (tertiary/aromatic N) is 1. The molecule has 8 heteroatoms. The van der Waals surface area contributed by atoms with Crippen molar-refractivity contribution in [1.82, 2.24) is 5.32 Å². The van der Waals surface area contributed by atoms with Crippen molar-refractivity contribution in [2.45, 2.75) is 51.0 Å². The minimum Gasteiger partial charge on any atom is -0.493 e. The third-order valence-electron chi connectivity index (χ3n) is 7.06. The largest absolute Gasteiger partial charge is 0.493 e. The van der Waals surface area contributed by atoms with Crippen molar-refractivity contribution in [1.29, 1.82) is 5.26 Å². The normalized spacial score (nSPS) is 20.6. The lowest BCUT2D eigenvalue weighted by atomic mass is 9.86. The molecule has 1 aliphatic carbocycles. The van der Waals surface area contributed by atoms with E-state index in [1.54, 1.807) is 30.3 Å². The number of carboxylic acid groups (broad SMARTS) is 1. The number of carbonyl (C=O) groups is 3. The van der Waals surface area contributed by atoms with Crippen LogP contribution in [0.5, 0.6) is 5.75 Å². The number of nitrogens with one attached hydrogen (secondary N) is 2. The van der Waals surface area contributed by atoms with Gasteiger partial charge in [-0.05, 0) is 68.5 Å². The Kier molecular flexibility index (Phi) is 7.11. The number of hydrogen-bond donors (Lipinski definition) is 3. The van der Waals surface area contributed by atoms with Gasteiger partial charge in [-0.3, -0.25) is 9.59 Å². The van der Waals surface area contributed by atoms with Crippen molar-refractivity contribution in [2.24, 2.45) is 5.92 Å². The highest BCUT2D eigenvalue weighted by atomic mass is 16.5. The second kappa shape index (κ2) is 10.2. The number of ether oxygens (including phenoxy) is 1. The van der Waals surface area contributed by atoms with E-state index >= 15 is 0 Å². The molecule has 186 valence electrons. The molecule has 2 aromatic rings. The molecule has 3 N–H and O–H groups in total. The first kappa shape index (κ1) is 25.0. The number of carboxylic acids is 1. The maximum Gasteiger partial charge on any atom is 0.327 e. The van der Waals surface area contributed by atoms with Crippen LogP contribution in [0.2, 0.25) is 0 Å². The van der Waals surface area contributed by atoms with Crippen molar-refractivity contribution >= 4 is 23.5 Å². The van der Waals surface area contributed by atoms with Gasteiger partial charge in [0, 0.05) is 40.3 Å². The summed E-state index contributed by atoms with van der Waals surface area (Å²) in [6.07, 6.45) is 4.98. The van der Waals surface area contributed by atoms with Crippen molar-refractivity contribution in [3.05, 3.63) is 70.8 Å². The zero-order valence-corrected chi connectivity index (χ0v) is 20.3. The van der Waals surface area contributed by atoms with E-state index in [0.29, 0.717) is 54.0 Å². The summed E-state index contributed by atoms with van der Waals surface area (Å²) in [7, 11) is 0. The molecule has 1 heterocycles. The Hall–Kier alpha value is -4.12. The number of nitriles is 1. The van der Waals surface area contributed by atoms with Crippen LogP contribution in [-0.2, 0) is 21.4 Å². The molecule has 0 radical (unpaired) electrons. The molecular weight excluding hydrogens is 458 g/mol. The van der Waals surface area contributed by atoms with Gasteiger partial charge in [0.05, 0.1) is 18.2 Å². The fraction of sp³-hybridized carbons (Fsp3) is 0.357. The molecule has 1 aliphatic heterocycles. The smallest absolute Gasteiger partial charge is 0.327 e. The van der Waals surface area contributed by atoms with Gasteiger partial charge in [-0.1, -0.05) is 19.1 Å². The van der Waals surface area contributed by atoms with Crippen molar-refractivity contribution in [3.63, 3.8) is 0 Å². The van der Waals surface area contributed by atoms with Gasteiger partial charge in [0.2, 0.25) is 5.91 Å².